The van der Waals surface area contributed by atoms with Crippen molar-refractivity contribution in [1.29, 1.82) is 0 Å². The molecule has 2 saturated carbocycles. The minimum atomic E-state index is -0.369. The van der Waals surface area contributed by atoms with E-state index in [2.05, 4.69) is 73.6 Å². The molecular weight excluding hydrogens is 725 g/mol. The van der Waals surface area contributed by atoms with Crippen molar-refractivity contribution in [3.05, 3.63) is 84.0 Å². The molecule has 0 saturated heterocycles. The molecule has 0 heterocycles. The van der Waals surface area contributed by atoms with Crippen molar-refractivity contribution < 1.29 is 28.5 Å². The summed E-state index contributed by atoms with van der Waals surface area (Å²) >= 11 is 0. The zero-order valence-electron chi connectivity index (χ0n) is 35.8. The molecule has 0 radical (unpaired) electrons. The lowest BCUT2D eigenvalue weighted by Crippen LogP contribution is -2.13. The fraction of sp³-hybridized carbons (Fsp3) is 0.600. The van der Waals surface area contributed by atoms with E-state index in [1.807, 2.05) is 12.4 Å². The lowest BCUT2D eigenvalue weighted by Gasteiger charge is -2.29. The Morgan fingerprint density at radius 3 is 1.31 bits per heavy atom. The van der Waals surface area contributed by atoms with E-state index in [0.29, 0.717) is 38.3 Å². The Labute approximate surface area is 350 Å². The summed E-state index contributed by atoms with van der Waals surface area (Å²) in [5, 5.41) is 9.22. The SMILES string of the molecule is C=CC(=O)OCCCCCCOc1ccc(C2CCC(CCC)CC2)cc1/C=N/N=C/c1cc(C2CCC(CCC)CC2)ccc1OCCCCCCOC(=O)C=C. The molecule has 4 rings (SSSR count). The van der Waals surface area contributed by atoms with E-state index in [9.17, 15) is 9.59 Å². The first-order valence-corrected chi connectivity index (χ1v) is 22.6. The summed E-state index contributed by atoms with van der Waals surface area (Å²) in [5.41, 5.74) is 4.62. The minimum Gasteiger partial charge on any atom is -0.493 e. The van der Waals surface area contributed by atoms with Crippen LogP contribution in [0, 0.1) is 11.8 Å². The van der Waals surface area contributed by atoms with E-state index in [0.717, 1.165) is 85.8 Å². The normalized spacial score (nSPS) is 19.6. The molecule has 2 fully saturated rings. The first-order chi connectivity index (χ1) is 28.4. The number of rotatable bonds is 27. The van der Waals surface area contributed by atoms with Gasteiger partial charge in [-0.1, -0.05) is 64.8 Å². The second-order valence-electron chi connectivity index (χ2n) is 16.4. The van der Waals surface area contributed by atoms with Crippen LogP contribution in [0.2, 0.25) is 0 Å². The second-order valence-corrected chi connectivity index (χ2v) is 16.4. The van der Waals surface area contributed by atoms with Gasteiger partial charge in [-0.05, 0) is 162 Å². The average Bonchev–Trinajstić information content (AvgIpc) is 3.25. The fourth-order valence-corrected chi connectivity index (χ4v) is 8.63. The molecule has 0 amide bonds. The van der Waals surface area contributed by atoms with Gasteiger partial charge < -0.3 is 18.9 Å². The molecule has 58 heavy (non-hydrogen) atoms. The molecule has 2 aromatic carbocycles. The molecular formula is C50H72N2O6. The summed E-state index contributed by atoms with van der Waals surface area (Å²) in [6.45, 7) is 13.5. The van der Waals surface area contributed by atoms with Gasteiger partial charge in [0.05, 0.1) is 38.9 Å². The Hall–Kier alpha value is -4.20. The van der Waals surface area contributed by atoms with Gasteiger partial charge in [0.25, 0.3) is 0 Å². The van der Waals surface area contributed by atoms with Crippen LogP contribution in [-0.4, -0.2) is 50.8 Å². The van der Waals surface area contributed by atoms with E-state index in [4.69, 9.17) is 18.9 Å². The predicted molar refractivity (Wildman–Crippen MR) is 238 cm³/mol. The molecule has 2 aliphatic rings. The van der Waals surface area contributed by atoms with Gasteiger partial charge in [0.15, 0.2) is 0 Å². The monoisotopic (exact) mass is 797 g/mol. The van der Waals surface area contributed by atoms with Crippen LogP contribution in [0.25, 0.3) is 0 Å². The van der Waals surface area contributed by atoms with Crippen molar-refractivity contribution >= 4 is 24.4 Å². The van der Waals surface area contributed by atoms with Crippen LogP contribution in [0.4, 0.5) is 0 Å². The summed E-state index contributed by atoms with van der Waals surface area (Å²) in [6, 6.07) is 13.3. The Morgan fingerprint density at radius 2 is 0.948 bits per heavy atom. The highest BCUT2D eigenvalue weighted by Gasteiger charge is 2.24. The topological polar surface area (TPSA) is 95.8 Å². The van der Waals surface area contributed by atoms with Crippen LogP contribution in [-0.2, 0) is 19.1 Å². The van der Waals surface area contributed by atoms with E-state index < -0.39 is 0 Å². The Balaban J connectivity index is 1.43. The largest absolute Gasteiger partial charge is 0.493 e. The van der Waals surface area contributed by atoms with Gasteiger partial charge in [0, 0.05) is 23.3 Å². The molecule has 0 aliphatic heterocycles. The molecule has 8 nitrogen and oxygen atoms in total. The Morgan fingerprint density at radius 1 is 0.569 bits per heavy atom. The van der Waals surface area contributed by atoms with Gasteiger partial charge in [-0.15, -0.1) is 0 Å². The number of unbranched alkanes of at least 4 members (excludes halogenated alkanes) is 6. The number of ether oxygens (including phenoxy) is 4. The van der Waals surface area contributed by atoms with Gasteiger partial charge in [-0.2, -0.15) is 10.2 Å². The second kappa shape index (κ2) is 27.5. The van der Waals surface area contributed by atoms with Gasteiger partial charge >= 0.3 is 11.9 Å². The molecule has 318 valence electrons. The van der Waals surface area contributed by atoms with Crippen LogP contribution in [0.1, 0.15) is 176 Å². The van der Waals surface area contributed by atoms with Crippen molar-refractivity contribution in [2.24, 2.45) is 22.0 Å². The highest BCUT2D eigenvalue weighted by Crippen LogP contribution is 2.40. The maximum absolute atomic E-state index is 11.3. The Bertz CT molecular complexity index is 1470. The van der Waals surface area contributed by atoms with Gasteiger partial charge in [-0.25, -0.2) is 9.59 Å². The predicted octanol–water partition coefficient (Wildman–Crippen LogP) is 12.6. The molecule has 0 atom stereocenters. The van der Waals surface area contributed by atoms with Crippen molar-refractivity contribution in [1.82, 2.24) is 0 Å². The standard InChI is InChI=1S/C50H72N2O6/c1-5-17-39-19-23-41(24-20-39)43-27-29-47(55-31-13-9-11-15-33-57-49(53)7-3)45(35-43)37-51-52-38-46-36-44(42-25-21-40(18-6-2)22-26-42)28-30-48(46)56-32-14-10-12-16-34-58-50(54)8-4/h7-8,27-30,35-42H,3-6,9-26,31-34H2,1-2H3/b51-37+,52-38+. The van der Waals surface area contributed by atoms with Crippen molar-refractivity contribution in [2.75, 3.05) is 26.4 Å². The van der Waals surface area contributed by atoms with Crippen LogP contribution >= 0.6 is 0 Å². The van der Waals surface area contributed by atoms with Gasteiger partial charge in [-0.3, -0.25) is 0 Å². The van der Waals surface area contributed by atoms with Crippen LogP contribution in [0.15, 0.2) is 71.9 Å². The van der Waals surface area contributed by atoms with Crippen molar-refractivity contribution in [2.45, 2.75) is 154 Å². The third-order valence-electron chi connectivity index (χ3n) is 12.0. The average molecular weight is 797 g/mol. The lowest BCUT2D eigenvalue weighted by atomic mass is 9.77. The molecule has 8 heteroatoms. The van der Waals surface area contributed by atoms with E-state index in [1.165, 1.54) is 100 Å². The zero-order valence-corrected chi connectivity index (χ0v) is 35.8. The van der Waals surface area contributed by atoms with Crippen LogP contribution in [0.5, 0.6) is 11.5 Å². The maximum atomic E-state index is 11.3. The highest BCUT2D eigenvalue weighted by molar-refractivity contribution is 5.87. The summed E-state index contributed by atoms with van der Waals surface area (Å²) < 4.78 is 22.9. The first-order valence-electron chi connectivity index (χ1n) is 22.6. The third kappa shape index (κ3) is 17.0. The first kappa shape index (κ1) is 46.5. The molecule has 0 unspecified atom stereocenters. The van der Waals surface area contributed by atoms with E-state index in [1.54, 1.807) is 0 Å². The molecule has 0 aromatic heterocycles. The highest BCUT2D eigenvalue weighted by atomic mass is 16.5. The molecule has 2 aliphatic carbocycles. The fourth-order valence-electron chi connectivity index (χ4n) is 8.63. The number of benzene rings is 2. The van der Waals surface area contributed by atoms with E-state index >= 15 is 0 Å². The molecule has 2 aromatic rings. The number of carbonyl (C=O) groups excluding carboxylic acids is 2. The number of hydrogen-bond donors (Lipinski definition) is 0. The lowest BCUT2D eigenvalue weighted by molar-refractivity contribution is -0.138. The smallest absolute Gasteiger partial charge is 0.330 e. The van der Waals surface area contributed by atoms with Crippen molar-refractivity contribution in [3.63, 3.8) is 0 Å². The molecule has 0 N–H and O–H groups in total. The van der Waals surface area contributed by atoms with Crippen LogP contribution in [0.3, 0.4) is 0 Å². The Kier molecular flexibility index (Phi) is 22.0. The number of hydrogen-bond acceptors (Lipinski definition) is 8. The molecule has 0 spiro atoms. The van der Waals surface area contributed by atoms with Gasteiger partial charge in [0.1, 0.15) is 11.5 Å². The third-order valence-corrected chi connectivity index (χ3v) is 12.0. The number of esters is 2. The summed E-state index contributed by atoms with van der Waals surface area (Å²) in [7, 11) is 0. The maximum Gasteiger partial charge on any atom is 0.330 e. The van der Waals surface area contributed by atoms with E-state index in [-0.39, 0.29) is 11.9 Å². The van der Waals surface area contributed by atoms with Crippen LogP contribution < -0.4 is 9.47 Å². The summed E-state index contributed by atoms with van der Waals surface area (Å²) in [4.78, 5) is 22.6. The zero-order chi connectivity index (χ0) is 41.2. The quantitative estimate of drug-likeness (QED) is 0.0294. The van der Waals surface area contributed by atoms with Crippen molar-refractivity contribution in [3.8, 4) is 11.5 Å². The van der Waals surface area contributed by atoms with Gasteiger partial charge in [0.2, 0.25) is 0 Å². The summed E-state index contributed by atoms with van der Waals surface area (Å²) in [5.74, 6) is 3.74. The number of nitrogens with zero attached hydrogens (tertiary/aromatic N) is 2. The number of carbonyl (C=O) groups is 2. The summed E-state index contributed by atoms with van der Waals surface area (Å²) in [6.07, 6.45) is 28.8. The molecule has 0 bridgehead atoms. The minimum absolute atomic E-state index is 0.369.